The summed E-state index contributed by atoms with van der Waals surface area (Å²) in [6.07, 6.45) is 4.69. The minimum Gasteiger partial charge on any atom is -0.371 e. The molecular weight excluding hydrogens is 186 g/mol. The monoisotopic (exact) mass is 213 g/mol. The molecule has 0 saturated heterocycles. The van der Waals surface area contributed by atoms with Crippen molar-refractivity contribution in [3.05, 3.63) is 0 Å². The van der Waals surface area contributed by atoms with E-state index in [0.29, 0.717) is 5.41 Å². The van der Waals surface area contributed by atoms with Gasteiger partial charge in [0.2, 0.25) is 0 Å². The summed E-state index contributed by atoms with van der Waals surface area (Å²) in [4.78, 5) is 0. The highest BCUT2D eigenvalue weighted by Crippen LogP contribution is 2.37. The van der Waals surface area contributed by atoms with E-state index < -0.39 is 0 Å². The van der Waals surface area contributed by atoms with Crippen LogP contribution in [0.1, 0.15) is 60.3 Å². The quantitative estimate of drug-likeness (QED) is 0.782. The van der Waals surface area contributed by atoms with Crippen molar-refractivity contribution in [1.82, 2.24) is 0 Å². The van der Waals surface area contributed by atoms with Crippen LogP contribution in [0.15, 0.2) is 0 Å². The maximum absolute atomic E-state index is 6.15. The number of hydrogen-bond donors (Lipinski definition) is 1. The summed E-state index contributed by atoms with van der Waals surface area (Å²) >= 11 is 0. The van der Waals surface area contributed by atoms with Gasteiger partial charge in [-0.05, 0) is 44.9 Å². The molecule has 2 N–H and O–H groups in total. The van der Waals surface area contributed by atoms with E-state index in [0.717, 1.165) is 19.3 Å². The van der Waals surface area contributed by atoms with E-state index in [4.69, 9.17) is 10.5 Å². The van der Waals surface area contributed by atoms with Gasteiger partial charge in [0.1, 0.15) is 0 Å². The number of nitrogens with two attached hydrogens (primary N) is 1. The summed E-state index contributed by atoms with van der Waals surface area (Å²) in [5.74, 6) is 0. The van der Waals surface area contributed by atoms with Gasteiger partial charge in [-0.1, -0.05) is 20.8 Å². The molecule has 15 heavy (non-hydrogen) atoms. The minimum absolute atomic E-state index is 0.0320. The van der Waals surface area contributed by atoms with Crippen molar-refractivity contribution < 1.29 is 4.74 Å². The molecule has 0 heterocycles. The standard InChI is InChI=1S/C13H27NO/c1-6-13(4,5)15-11-9-12(2,3)8-7-10(11)14/h10-11H,6-9,14H2,1-5H3. The molecule has 2 unspecified atom stereocenters. The third-order valence-corrected chi connectivity index (χ3v) is 3.71. The van der Waals surface area contributed by atoms with Gasteiger partial charge in [-0.15, -0.1) is 0 Å². The Balaban J connectivity index is 2.59. The van der Waals surface area contributed by atoms with Gasteiger partial charge in [-0.25, -0.2) is 0 Å². The van der Waals surface area contributed by atoms with Crippen LogP contribution >= 0.6 is 0 Å². The fraction of sp³-hybridized carbons (Fsp3) is 1.00. The summed E-state index contributed by atoms with van der Waals surface area (Å²) in [7, 11) is 0. The van der Waals surface area contributed by atoms with Crippen LogP contribution in [-0.4, -0.2) is 17.7 Å². The van der Waals surface area contributed by atoms with Crippen LogP contribution in [0.3, 0.4) is 0 Å². The average Bonchev–Trinajstić information content (AvgIpc) is 2.11. The zero-order valence-corrected chi connectivity index (χ0v) is 11.0. The van der Waals surface area contributed by atoms with Crippen molar-refractivity contribution in [2.24, 2.45) is 11.1 Å². The Labute approximate surface area is 94.6 Å². The predicted molar refractivity (Wildman–Crippen MR) is 64.9 cm³/mol. The first-order chi connectivity index (χ1) is 6.76. The lowest BCUT2D eigenvalue weighted by atomic mass is 9.74. The topological polar surface area (TPSA) is 35.2 Å². The highest BCUT2D eigenvalue weighted by Gasteiger charge is 2.36. The van der Waals surface area contributed by atoms with Crippen molar-refractivity contribution in [3.63, 3.8) is 0 Å². The smallest absolute Gasteiger partial charge is 0.0738 e. The number of ether oxygens (including phenoxy) is 1. The molecule has 1 fully saturated rings. The predicted octanol–water partition coefficient (Wildman–Crippen LogP) is 3.10. The van der Waals surface area contributed by atoms with Crippen LogP contribution in [-0.2, 0) is 4.74 Å². The molecule has 2 atom stereocenters. The summed E-state index contributed by atoms with van der Waals surface area (Å²) in [5.41, 5.74) is 6.50. The van der Waals surface area contributed by atoms with Gasteiger partial charge in [-0.2, -0.15) is 0 Å². The minimum atomic E-state index is -0.0320. The normalized spacial score (nSPS) is 31.6. The third-order valence-electron chi connectivity index (χ3n) is 3.71. The van der Waals surface area contributed by atoms with E-state index >= 15 is 0 Å². The molecule has 2 nitrogen and oxygen atoms in total. The lowest BCUT2D eigenvalue weighted by Gasteiger charge is -2.42. The molecular formula is C13H27NO. The first kappa shape index (κ1) is 13.0. The van der Waals surface area contributed by atoms with E-state index in [1.807, 2.05) is 0 Å². The van der Waals surface area contributed by atoms with Crippen molar-refractivity contribution in [3.8, 4) is 0 Å². The van der Waals surface area contributed by atoms with Crippen LogP contribution in [0.4, 0.5) is 0 Å². The van der Waals surface area contributed by atoms with E-state index in [1.54, 1.807) is 0 Å². The fourth-order valence-corrected chi connectivity index (χ4v) is 2.16. The maximum atomic E-state index is 6.15. The highest BCUT2D eigenvalue weighted by molar-refractivity contribution is 4.89. The Hall–Kier alpha value is -0.0800. The van der Waals surface area contributed by atoms with Crippen molar-refractivity contribution in [2.75, 3.05) is 0 Å². The lowest BCUT2D eigenvalue weighted by molar-refractivity contribution is -0.110. The van der Waals surface area contributed by atoms with Gasteiger partial charge in [0.15, 0.2) is 0 Å². The summed E-state index contributed by atoms with van der Waals surface area (Å²) in [6.45, 7) is 11.1. The Morgan fingerprint density at radius 1 is 1.40 bits per heavy atom. The second-order valence-corrected chi connectivity index (χ2v) is 6.34. The largest absolute Gasteiger partial charge is 0.371 e. The van der Waals surface area contributed by atoms with Gasteiger partial charge in [-0.3, -0.25) is 0 Å². The molecule has 0 aromatic rings. The molecule has 0 radical (unpaired) electrons. The van der Waals surface area contributed by atoms with Gasteiger partial charge in [0.25, 0.3) is 0 Å². The molecule has 0 aliphatic heterocycles. The van der Waals surface area contributed by atoms with Crippen LogP contribution < -0.4 is 5.73 Å². The van der Waals surface area contributed by atoms with E-state index in [-0.39, 0.29) is 17.7 Å². The second-order valence-electron chi connectivity index (χ2n) is 6.34. The Morgan fingerprint density at radius 3 is 2.53 bits per heavy atom. The molecule has 0 aromatic heterocycles. The second kappa shape index (κ2) is 4.42. The van der Waals surface area contributed by atoms with Crippen LogP contribution in [0, 0.1) is 5.41 Å². The molecule has 1 saturated carbocycles. The van der Waals surface area contributed by atoms with Gasteiger partial charge < -0.3 is 10.5 Å². The van der Waals surface area contributed by atoms with Crippen LogP contribution in [0.2, 0.25) is 0 Å². The molecule has 1 rings (SSSR count). The Morgan fingerprint density at radius 2 is 2.00 bits per heavy atom. The van der Waals surface area contributed by atoms with Crippen LogP contribution in [0.5, 0.6) is 0 Å². The summed E-state index contributed by atoms with van der Waals surface area (Å²) < 4.78 is 6.15. The first-order valence-electron chi connectivity index (χ1n) is 6.19. The molecule has 0 spiro atoms. The van der Waals surface area contributed by atoms with Crippen LogP contribution in [0.25, 0.3) is 0 Å². The molecule has 1 aliphatic rings. The average molecular weight is 213 g/mol. The highest BCUT2D eigenvalue weighted by atomic mass is 16.5. The Bertz CT molecular complexity index is 211. The van der Waals surface area contributed by atoms with Gasteiger partial charge >= 0.3 is 0 Å². The number of hydrogen-bond acceptors (Lipinski definition) is 2. The molecule has 1 aliphatic carbocycles. The van der Waals surface area contributed by atoms with Gasteiger partial charge in [0, 0.05) is 6.04 Å². The zero-order valence-electron chi connectivity index (χ0n) is 11.0. The molecule has 90 valence electrons. The molecule has 2 heteroatoms. The Kier molecular flexibility index (Phi) is 3.83. The number of rotatable bonds is 3. The van der Waals surface area contributed by atoms with Gasteiger partial charge in [0.05, 0.1) is 11.7 Å². The van der Waals surface area contributed by atoms with E-state index in [9.17, 15) is 0 Å². The fourth-order valence-electron chi connectivity index (χ4n) is 2.16. The molecule has 0 bridgehead atoms. The van der Waals surface area contributed by atoms with E-state index in [2.05, 4.69) is 34.6 Å². The van der Waals surface area contributed by atoms with Crippen molar-refractivity contribution in [1.29, 1.82) is 0 Å². The first-order valence-corrected chi connectivity index (χ1v) is 6.19. The zero-order chi connectivity index (χ0) is 11.7. The molecule has 0 amide bonds. The molecule has 0 aromatic carbocycles. The van der Waals surface area contributed by atoms with Crippen molar-refractivity contribution >= 4 is 0 Å². The lowest BCUT2D eigenvalue weighted by Crippen LogP contribution is -2.47. The maximum Gasteiger partial charge on any atom is 0.0738 e. The van der Waals surface area contributed by atoms with Crippen molar-refractivity contribution in [2.45, 2.75) is 78.0 Å². The SMILES string of the molecule is CCC(C)(C)OC1CC(C)(C)CCC1N. The van der Waals surface area contributed by atoms with E-state index in [1.165, 1.54) is 6.42 Å². The summed E-state index contributed by atoms with van der Waals surface area (Å²) in [6, 6.07) is 0.226. The third kappa shape index (κ3) is 3.76. The summed E-state index contributed by atoms with van der Waals surface area (Å²) in [5, 5.41) is 0.